The Bertz CT molecular complexity index is 527. The quantitative estimate of drug-likeness (QED) is 0.812. The van der Waals surface area contributed by atoms with E-state index in [0.29, 0.717) is 11.8 Å². The molecule has 2 aromatic rings. The van der Waals surface area contributed by atoms with Crippen molar-refractivity contribution >= 4 is 0 Å². The number of rotatable bonds is 3. The molecule has 0 unspecified atom stereocenters. The number of hydrogen-bond donors (Lipinski definition) is 0. The lowest BCUT2D eigenvalue weighted by Crippen LogP contribution is -1.94. The summed E-state index contributed by atoms with van der Waals surface area (Å²) in [5.41, 5.74) is 2.89. The molecule has 0 aliphatic rings. The first-order chi connectivity index (χ1) is 8.24. The first kappa shape index (κ1) is 11.4. The Morgan fingerprint density at radius 1 is 1.06 bits per heavy atom. The molecule has 2 heterocycles. The summed E-state index contributed by atoms with van der Waals surface area (Å²) >= 11 is 0. The van der Waals surface area contributed by atoms with Gasteiger partial charge in [0, 0.05) is 23.9 Å². The third-order valence-corrected chi connectivity index (χ3v) is 2.50. The fourth-order valence-corrected chi connectivity index (χ4v) is 1.59. The smallest absolute Gasteiger partial charge is 0.213 e. The molecule has 4 nitrogen and oxygen atoms in total. The van der Waals surface area contributed by atoms with Gasteiger partial charge in [-0.3, -0.25) is 0 Å². The number of nitrogens with zero attached hydrogens (tertiary/aromatic N) is 2. The Morgan fingerprint density at radius 2 is 1.82 bits per heavy atom. The standard InChI is InChI=1S/C13H14N2O2/c1-9-7-13(17-3)14-8-10(9)11-5-4-6-12(15-11)16-2/h4-8H,1-3H3. The number of pyridine rings is 2. The van der Waals surface area contributed by atoms with Crippen molar-refractivity contribution in [1.82, 2.24) is 9.97 Å². The molecule has 0 saturated carbocycles. The second-order valence-electron chi connectivity index (χ2n) is 3.61. The van der Waals surface area contributed by atoms with E-state index in [4.69, 9.17) is 9.47 Å². The Hall–Kier alpha value is -2.10. The molecule has 0 aliphatic carbocycles. The van der Waals surface area contributed by atoms with Crippen LogP contribution >= 0.6 is 0 Å². The van der Waals surface area contributed by atoms with E-state index in [0.717, 1.165) is 16.8 Å². The van der Waals surface area contributed by atoms with Crippen LogP contribution in [0, 0.1) is 6.92 Å². The summed E-state index contributed by atoms with van der Waals surface area (Å²) in [7, 11) is 3.20. The highest BCUT2D eigenvalue weighted by molar-refractivity contribution is 5.63. The van der Waals surface area contributed by atoms with Crippen molar-refractivity contribution in [1.29, 1.82) is 0 Å². The number of methoxy groups -OCH3 is 2. The van der Waals surface area contributed by atoms with Crippen LogP contribution in [0.15, 0.2) is 30.5 Å². The van der Waals surface area contributed by atoms with Gasteiger partial charge in [-0.25, -0.2) is 9.97 Å². The van der Waals surface area contributed by atoms with Crippen LogP contribution in [0.5, 0.6) is 11.8 Å². The number of ether oxygens (including phenoxy) is 2. The van der Waals surface area contributed by atoms with Crippen molar-refractivity contribution in [2.75, 3.05) is 14.2 Å². The van der Waals surface area contributed by atoms with Crippen molar-refractivity contribution < 1.29 is 9.47 Å². The molecular formula is C13H14N2O2. The summed E-state index contributed by atoms with van der Waals surface area (Å²) in [6.07, 6.45) is 1.76. The molecule has 0 fully saturated rings. The van der Waals surface area contributed by atoms with E-state index >= 15 is 0 Å². The zero-order valence-electron chi connectivity index (χ0n) is 10.1. The van der Waals surface area contributed by atoms with Crippen LogP contribution in [-0.2, 0) is 0 Å². The summed E-state index contributed by atoms with van der Waals surface area (Å²) in [5, 5.41) is 0. The van der Waals surface area contributed by atoms with Gasteiger partial charge < -0.3 is 9.47 Å². The van der Waals surface area contributed by atoms with Crippen LogP contribution < -0.4 is 9.47 Å². The van der Waals surface area contributed by atoms with Gasteiger partial charge in [-0.2, -0.15) is 0 Å². The highest BCUT2D eigenvalue weighted by atomic mass is 16.5. The van der Waals surface area contributed by atoms with Gasteiger partial charge in [-0.15, -0.1) is 0 Å². The van der Waals surface area contributed by atoms with E-state index in [9.17, 15) is 0 Å². The zero-order valence-corrected chi connectivity index (χ0v) is 10.1. The molecule has 2 rings (SSSR count). The largest absolute Gasteiger partial charge is 0.481 e. The monoisotopic (exact) mass is 230 g/mol. The summed E-state index contributed by atoms with van der Waals surface area (Å²) in [5.74, 6) is 1.20. The summed E-state index contributed by atoms with van der Waals surface area (Å²) < 4.78 is 10.2. The molecule has 88 valence electrons. The van der Waals surface area contributed by atoms with Crippen LogP contribution in [0.25, 0.3) is 11.3 Å². The van der Waals surface area contributed by atoms with E-state index in [1.165, 1.54) is 0 Å². The van der Waals surface area contributed by atoms with Crippen LogP contribution in [0.2, 0.25) is 0 Å². The maximum Gasteiger partial charge on any atom is 0.213 e. The average molecular weight is 230 g/mol. The van der Waals surface area contributed by atoms with Crippen molar-refractivity contribution in [3.8, 4) is 23.0 Å². The normalized spacial score (nSPS) is 10.1. The summed E-state index contributed by atoms with van der Waals surface area (Å²) in [6, 6.07) is 7.54. The second kappa shape index (κ2) is 4.82. The maximum atomic E-state index is 5.10. The van der Waals surface area contributed by atoms with E-state index in [-0.39, 0.29) is 0 Å². The SMILES string of the molecule is COc1cc(C)c(-c2cccc(OC)n2)cn1. The Morgan fingerprint density at radius 3 is 2.47 bits per heavy atom. The lowest BCUT2D eigenvalue weighted by Gasteiger charge is -2.07. The Kier molecular flexibility index (Phi) is 3.23. The molecule has 0 aliphatic heterocycles. The lowest BCUT2D eigenvalue weighted by atomic mass is 10.1. The van der Waals surface area contributed by atoms with Gasteiger partial charge in [-0.05, 0) is 18.6 Å². The number of aromatic nitrogens is 2. The highest BCUT2D eigenvalue weighted by Crippen LogP contribution is 2.24. The summed E-state index contributed by atoms with van der Waals surface area (Å²) in [6.45, 7) is 2.00. The minimum Gasteiger partial charge on any atom is -0.481 e. The first-order valence-corrected chi connectivity index (χ1v) is 5.26. The molecule has 0 atom stereocenters. The predicted molar refractivity (Wildman–Crippen MR) is 65.3 cm³/mol. The maximum absolute atomic E-state index is 5.10. The summed E-state index contributed by atoms with van der Waals surface area (Å²) in [4.78, 5) is 8.56. The third kappa shape index (κ3) is 2.36. The fourth-order valence-electron chi connectivity index (χ4n) is 1.59. The lowest BCUT2D eigenvalue weighted by molar-refractivity contribution is 0.397. The van der Waals surface area contributed by atoms with Gasteiger partial charge in [-0.1, -0.05) is 6.07 Å². The van der Waals surface area contributed by atoms with Crippen LogP contribution in [-0.4, -0.2) is 24.2 Å². The van der Waals surface area contributed by atoms with Gasteiger partial charge in [0.15, 0.2) is 0 Å². The van der Waals surface area contributed by atoms with Crippen LogP contribution in [0.4, 0.5) is 0 Å². The number of hydrogen-bond acceptors (Lipinski definition) is 4. The molecule has 0 aromatic carbocycles. The van der Waals surface area contributed by atoms with Crippen molar-refractivity contribution in [2.24, 2.45) is 0 Å². The highest BCUT2D eigenvalue weighted by Gasteiger charge is 2.06. The van der Waals surface area contributed by atoms with E-state index in [1.807, 2.05) is 31.2 Å². The van der Waals surface area contributed by atoms with E-state index in [1.54, 1.807) is 20.4 Å². The molecular weight excluding hydrogens is 216 g/mol. The van der Waals surface area contributed by atoms with Gasteiger partial charge in [0.2, 0.25) is 11.8 Å². The van der Waals surface area contributed by atoms with Crippen molar-refractivity contribution in [2.45, 2.75) is 6.92 Å². The predicted octanol–water partition coefficient (Wildman–Crippen LogP) is 2.47. The third-order valence-electron chi connectivity index (χ3n) is 2.50. The number of aryl methyl sites for hydroxylation is 1. The molecule has 0 bridgehead atoms. The van der Waals surface area contributed by atoms with Gasteiger partial charge in [0.25, 0.3) is 0 Å². The second-order valence-corrected chi connectivity index (χ2v) is 3.61. The van der Waals surface area contributed by atoms with Gasteiger partial charge in [0.1, 0.15) is 0 Å². The molecule has 0 spiro atoms. The van der Waals surface area contributed by atoms with Crippen molar-refractivity contribution in [3.05, 3.63) is 36.0 Å². The molecule has 0 amide bonds. The topological polar surface area (TPSA) is 44.2 Å². The molecule has 17 heavy (non-hydrogen) atoms. The van der Waals surface area contributed by atoms with Crippen LogP contribution in [0.1, 0.15) is 5.56 Å². The molecule has 4 heteroatoms. The molecule has 0 N–H and O–H groups in total. The van der Waals surface area contributed by atoms with Gasteiger partial charge in [0.05, 0.1) is 19.9 Å². The van der Waals surface area contributed by atoms with E-state index in [2.05, 4.69) is 9.97 Å². The minimum atomic E-state index is 0.595. The molecule has 0 radical (unpaired) electrons. The fraction of sp³-hybridized carbons (Fsp3) is 0.231. The average Bonchev–Trinajstić information content (AvgIpc) is 2.38. The van der Waals surface area contributed by atoms with Gasteiger partial charge >= 0.3 is 0 Å². The molecule has 2 aromatic heterocycles. The first-order valence-electron chi connectivity index (χ1n) is 5.26. The van der Waals surface area contributed by atoms with E-state index < -0.39 is 0 Å². The van der Waals surface area contributed by atoms with Crippen LogP contribution in [0.3, 0.4) is 0 Å². The Labute approximate surface area is 100 Å². The van der Waals surface area contributed by atoms with Crippen molar-refractivity contribution in [3.63, 3.8) is 0 Å². The Balaban J connectivity index is 2.45. The molecule has 0 saturated heterocycles. The minimum absolute atomic E-state index is 0.595. The zero-order chi connectivity index (χ0) is 12.3.